The van der Waals surface area contributed by atoms with Crippen molar-refractivity contribution in [3.05, 3.63) is 51.9 Å². The number of aromatic nitrogens is 1. The van der Waals surface area contributed by atoms with Gasteiger partial charge < -0.3 is 9.42 Å². The van der Waals surface area contributed by atoms with Crippen molar-refractivity contribution < 1.29 is 9.32 Å². The lowest BCUT2D eigenvalue weighted by atomic mass is 10.1. The zero-order valence-corrected chi connectivity index (χ0v) is 14.8. The first kappa shape index (κ1) is 17.0. The van der Waals surface area contributed by atoms with E-state index in [-0.39, 0.29) is 5.91 Å². The van der Waals surface area contributed by atoms with Crippen LogP contribution in [0.3, 0.4) is 0 Å². The molecule has 5 nitrogen and oxygen atoms in total. The van der Waals surface area contributed by atoms with Gasteiger partial charge in [-0.05, 0) is 31.5 Å². The van der Waals surface area contributed by atoms with Crippen molar-refractivity contribution in [1.29, 1.82) is 0 Å². The van der Waals surface area contributed by atoms with E-state index in [0.29, 0.717) is 11.4 Å². The molecule has 0 radical (unpaired) electrons. The Kier molecular flexibility index (Phi) is 5.21. The van der Waals surface area contributed by atoms with Gasteiger partial charge >= 0.3 is 0 Å². The van der Waals surface area contributed by atoms with Crippen molar-refractivity contribution in [2.45, 2.75) is 26.8 Å². The maximum absolute atomic E-state index is 12.4. The topological polar surface area (TPSA) is 49.6 Å². The Balaban J connectivity index is 1.51. The number of halogens is 1. The number of piperazine rings is 1. The van der Waals surface area contributed by atoms with Gasteiger partial charge in [-0.3, -0.25) is 9.69 Å². The second kappa shape index (κ2) is 7.36. The van der Waals surface area contributed by atoms with Crippen molar-refractivity contribution in [3.63, 3.8) is 0 Å². The van der Waals surface area contributed by atoms with Crippen LogP contribution in [-0.4, -0.2) is 47.0 Å². The molecule has 1 aliphatic rings. The van der Waals surface area contributed by atoms with Crippen molar-refractivity contribution in [2.24, 2.45) is 0 Å². The molecule has 1 aromatic carbocycles. The van der Waals surface area contributed by atoms with Crippen molar-refractivity contribution in [1.82, 2.24) is 15.0 Å². The summed E-state index contributed by atoms with van der Waals surface area (Å²) in [5.74, 6) is 1.06. The highest BCUT2D eigenvalue weighted by atomic mass is 35.5. The van der Waals surface area contributed by atoms with Crippen LogP contribution in [0.5, 0.6) is 0 Å². The molecule has 128 valence electrons. The number of hydrogen-bond acceptors (Lipinski definition) is 4. The van der Waals surface area contributed by atoms with Crippen LogP contribution >= 0.6 is 11.6 Å². The third-order valence-corrected chi connectivity index (χ3v) is 4.81. The molecule has 1 saturated heterocycles. The maximum Gasteiger partial charge on any atom is 0.227 e. The number of benzene rings is 1. The van der Waals surface area contributed by atoms with E-state index in [9.17, 15) is 4.79 Å². The molecule has 0 atom stereocenters. The van der Waals surface area contributed by atoms with Gasteiger partial charge in [-0.15, -0.1) is 0 Å². The smallest absolute Gasteiger partial charge is 0.227 e. The summed E-state index contributed by atoms with van der Waals surface area (Å²) in [5, 5.41) is 4.70. The summed E-state index contributed by atoms with van der Waals surface area (Å²) < 4.78 is 5.22. The number of aryl methyl sites for hydroxylation is 2. The second-order valence-corrected chi connectivity index (χ2v) is 6.70. The van der Waals surface area contributed by atoms with E-state index in [1.165, 1.54) is 0 Å². The van der Waals surface area contributed by atoms with Crippen LogP contribution in [0.4, 0.5) is 0 Å². The molecule has 1 aromatic heterocycles. The molecule has 0 spiro atoms. The SMILES string of the molecule is Cc1noc(C)c1CN1CCN(C(=O)Cc2ccc(Cl)cc2)CC1. The van der Waals surface area contributed by atoms with Gasteiger partial charge in [0, 0.05) is 43.3 Å². The first-order valence-corrected chi connectivity index (χ1v) is 8.57. The number of rotatable bonds is 4. The minimum Gasteiger partial charge on any atom is -0.361 e. The minimum absolute atomic E-state index is 0.175. The molecule has 1 fully saturated rings. The van der Waals surface area contributed by atoms with Gasteiger partial charge in [-0.25, -0.2) is 0 Å². The van der Waals surface area contributed by atoms with Crippen LogP contribution in [0.15, 0.2) is 28.8 Å². The van der Waals surface area contributed by atoms with E-state index in [2.05, 4.69) is 10.1 Å². The Labute approximate surface area is 147 Å². The highest BCUT2D eigenvalue weighted by molar-refractivity contribution is 6.30. The molecule has 3 rings (SSSR count). The molecule has 1 amide bonds. The van der Waals surface area contributed by atoms with Gasteiger partial charge in [-0.2, -0.15) is 0 Å². The normalized spacial score (nSPS) is 15.7. The van der Waals surface area contributed by atoms with Crippen LogP contribution in [0.2, 0.25) is 5.02 Å². The molecule has 0 saturated carbocycles. The Morgan fingerprint density at radius 1 is 1.17 bits per heavy atom. The van der Waals surface area contributed by atoms with Crippen LogP contribution in [0.25, 0.3) is 0 Å². The van der Waals surface area contributed by atoms with Gasteiger partial charge in [0.1, 0.15) is 5.76 Å². The van der Waals surface area contributed by atoms with Gasteiger partial charge in [0.05, 0.1) is 12.1 Å². The fraction of sp³-hybridized carbons (Fsp3) is 0.444. The van der Waals surface area contributed by atoms with E-state index >= 15 is 0 Å². The van der Waals surface area contributed by atoms with Crippen LogP contribution in [-0.2, 0) is 17.8 Å². The molecule has 0 N–H and O–H groups in total. The first-order valence-electron chi connectivity index (χ1n) is 8.19. The summed E-state index contributed by atoms with van der Waals surface area (Å²) in [4.78, 5) is 16.7. The summed E-state index contributed by atoms with van der Waals surface area (Å²) >= 11 is 5.88. The zero-order chi connectivity index (χ0) is 17.1. The molecule has 24 heavy (non-hydrogen) atoms. The number of nitrogens with zero attached hydrogens (tertiary/aromatic N) is 3. The van der Waals surface area contributed by atoms with E-state index in [4.69, 9.17) is 16.1 Å². The lowest BCUT2D eigenvalue weighted by Gasteiger charge is -2.34. The summed E-state index contributed by atoms with van der Waals surface area (Å²) in [6.45, 7) is 8.01. The molecule has 6 heteroatoms. The van der Waals surface area contributed by atoms with Crippen LogP contribution < -0.4 is 0 Å². The van der Waals surface area contributed by atoms with E-state index < -0.39 is 0 Å². The molecular weight excluding hydrogens is 326 g/mol. The monoisotopic (exact) mass is 347 g/mol. The lowest BCUT2D eigenvalue weighted by molar-refractivity contribution is -0.132. The standard InChI is InChI=1S/C18H22ClN3O2/c1-13-17(14(2)24-20-13)12-21-7-9-22(10-8-21)18(23)11-15-3-5-16(19)6-4-15/h3-6H,7-12H2,1-2H3. The number of amides is 1. The molecule has 0 unspecified atom stereocenters. The number of carbonyl (C=O) groups is 1. The lowest BCUT2D eigenvalue weighted by Crippen LogP contribution is -2.48. The highest BCUT2D eigenvalue weighted by Crippen LogP contribution is 2.17. The third kappa shape index (κ3) is 3.97. The Bertz CT molecular complexity index is 684. The molecule has 1 aliphatic heterocycles. The maximum atomic E-state index is 12.4. The fourth-order valence-electron chi connectivity index (χ4n) is 3.00. The number of carbonyl (C=O) groups excluding carboxylic acids is 1. The molecule has 2 aromatic rings. The highest BCUT2D eigenvalue weighted by Gasteiger charge is 2.22. The van der Waals surface area contributed by atoms with Crippen LogP contribution in [0, 0.1) is 13.8 Å². The van der Waals surface area contributed by atoms with Gasteiger partial charge in [-0.1, -0.05) is 28.9 Å². The molecule has 0 bridgehead atoms. The second-order valence-electron chi connectivity index (χ2n) is 6.26. The molecule has 0 aliphatic carbocycles. The molecular formula is C18H22ClN3O2. The summed E-state index contributed by atoms with van der Waals surface area (Å²) in [5.41, 5.74) is 3.12. The summed E-state index contributed by atoms with van der Waals surface area (Å²) in [6, 6.07) is 7.47. The predicted octanol–water partition coefficient (Wildman–Crippen LogP) is 2.83. The predicted molar refractivity (Wildman–Crippen MR) is 93.0 cm³/mol. The summed E-state index contributed by atoms with van der Waals surface area (Å²) in [7, 11) is 0. The van der Waals surface area contributed by atoms with Crippen molar-refractivity contribution in [2.75, 3.05) is 26.2 Å². The Morgan fingerprint density at radius 2 is 1.83 bits per heavy atom. The first-order chi connectivity index (χ1) is 11.5. The summed E-state index contributed by atoms with van der Waals surface area (Å²) in [6.07, 6.45) is 0.432. The van der Waals surface area contributed by atoms with E-state index in [1.54, 1.807) is 0 Å². The zero-order valence-electron chi connectivity index (χ0n) is 14.1. The van der Waals surface area contributed by atoms with Crippen molar-refractivity contribution >= 4 is 17.5 Å². The van der Waals surface area contributed by atoms with Gasteiger partial charge in [0.2, 0.25) is 5.91 Å². The van der Waals surface area contributed by atoms with Gasteiger partial charge in [0.25, 0.3) is 0 Å². The van der Waals surface area contributed by atoms with E-state index in [0.717, 1.165) is 55.3 Å². The minimum atomic E-state index is 0.175. The third-order valence-electron chi connectivity index (χ3n) is 4.56. The van der Waals surface area contributed by atoms with Crippen LogP contribution in [0.1, 0.15) is 22.6 Å². The fourth-order valence-corrected chi connectivity index (χ4v) is 3.12. The quantitative estimate of drug-likeness (QED) is 0.853. The van der Waals surface area contributed by atoms with Crippen molar-refractivity contribution in [3.8, 4) is 0 Å². The Morgan fingerprint density at radius 3 is 2.42 bits per heavy atom. The molecule has 2 heterocycles. The number of hydrogen-bond donors (Lipinski definition) is 0. The Hall–Kier alpha value is -1.85. The largest absolute Gasteiger partial charge is 0.361 e. The average Bonchev–Trinajstić information content (AvgIpc) is 2.89. The average molecular weight is 348 g/mol. The van der Waals surface area contributed by atoms with Gasteiger partial charge in [0.15, 0.2) is 0 Å². The van der Waals surface area contributed by atoms with E-state index in [1.807, 2.05) is 43.0 Å².